The van der Waals surface area contributed by atoms with E-state index >= 15 is 0 Å². The van der Waals surface area contributed by atoms with Gasteiger partial charge in [0, 0.05) is 18.6 Å². The summed E-state index contributed by atoms with van der Waals surface area (Å²) in [5, 5.41) is 0.875. The van der Waals surface area contributed by atoms with Crippen molar-refractivity contribution in [3.63, 3.8) is 0 Å². The summed E-state index contributed by atoms with van der Waals surface area (Å²) < 4.78 is 0. The molecule has 3 heteroatoms. The molecule has 0 saturated heterocycles. The van der Waals surface area contributed by atoms with Crippen molar-refractivity contribution in [2.24, 2.45) is 5.73 Å². The second kappa shape index (κ2) is 7.33. The van der Waals surface area contributed by atoms with Gasteiger partial charge in [-0.05, 0) is 50.3 Å². The first kappa shape index (κ1) is 15.7. The second-order valence-corrected chi connectivity index (χ2v) is 6.29. The molecule has 0 bridgehead atoms. The Bertz CT molecular complexity index is 427. The molecule has 1 aromatic carbocycles. The maximum absolute atomic E-state index is 6.53. The van der Waals surface area contributed by atoms with Crippen molar-refractivity contribution in [2.45, 2.75) is 64.5 Å². The van der Waals surface area contributed by atoms with Gasteiger partial charge in [0.1, 0.15) is 0 Å². The largest absolute Gasteiger partial charge is 0.368 e. The molecular weight excluding hydrogens is 268 g/mol. The summed E-state index contributed by atoms with van der Waals surface area (Å²) in [6, 6.07) is 7.37. The number of anilines is 1. The molecule has 1 aliphatic carbocycles. The van der Waals surface area contributed by atoms with E-state index in [1.165, 1.54) is 36.9 Å². The van der Waals surface area contributed by atoms with Crippen LogP contribution < -0.4 is 10.6 Å². The van der Waals surface area contributed by atoms with Crippen molar-refractivity contribution in [3.05, 3.63) is 28.8 Å². The highest BCUT2D eigenvalue weighted by atomic mass is 35.5. The molecule has 0 aromatic heterocycles. The van der Waals surface area contributed by atoms with Gasteiger partial charge >= 0.3 is 0 Å². The minimum absolute atomic E-state index is 0.231. The van der Waals surface area contributed by atoms with Crippen molar-refractivity contribution in [3.8, 4) is 0 Å². The minimum atomic E-state index is 0.231. The van der Waals surface area contributed by atoms with Crippen molar-refractivity contribution in [1.29, 1.82) is 0 Å². The number of benzene rings is 1. The third-order valence-corrected chi connectivity index (χ3v) is 4.75. The molecule has 2 N–H and O–H groups in total. The maximum atomic E-state index is 6.53. The van der Waals surface area contributed by atoms with E-state index in [-0.39, 0.29) is 6.04 Å². The van der Waals surface area contributed by atoms with Crippen LogP contribution in [0.3, 0.4) is 0 Å². The van der Waals surface area contributed by atoms with Crippen LogP contribution in [0.1, 0.15) is 51.5 Å². The van der Waals surface area contributed by atoms with Gasteiger partial charge in [-0.25, -0.2) is 0 Å². The molecule has 2 rings (SSSR count). The Morgan fingerprint density at radius 1 is 1.30 bits per heavy atom. The van der Waals surface area contributed by atoms with Crippen LogP contribution in [0.5, 0.6) is 0 Å². The molecule has 1 unspecified atom stereocenters. The fourth-order valence-corrected chi connectivity index (χ4v) is 3.51. The lowest BCUT2D eigenvalue weighted by Gasteiger charge is -2.31. The molecule has 112 valence electrons. The van der Waals surface area contributed by atoms with Crippen LogP contribution in [0.2, 0.25) is 5.02 Å². The molecule has 0 amide bonds. The zero-order chi connectivity index (χ0) is 14.5. The van der Waals surface area contributed by atoms with Gasteiger partial charge in [-0.2, -0.15) is 0 Å². The summed E-state index contributed by atoms with van der Waals surface area (Å²) in [5.74, 6) is 0. The lowest BCUT2D eigenvalue weighted by Crippen LogP contribution is -2.33. The van der Waals surface area contributed by atoms with E-state index in [4.69, 9.17) is 17.3 Å². The fraction of sp³-hybridized carbons (Fsp3) is 0.647. The predicted molar refractivity (Wildman–Crippen MR) is 88.7 cm³/mol. The monoisotopic (exact) mass is 294 g/mol. The summed E-state index contributed by atoms with van der Waals surface area (Å²) in [6.07, 6.45) is 7.21. The summed E-state index contributed by atoms with van der Waals surface area (Å²) in [5.41, 5.74) is 8.46. The van der Waals surface area contributed by atoms with Gasteiger partial charge < -0.3 is 10.6 Å². The molecule has 1 aromatic rings. The SMILES string of the molecule is CCC(N)Cc1ccc(N(CC)C2CCCC2)c(Cl)c1. The lowest BCUT2D eigenvalue weighted by molar-refractivity contribution is 0.619. The zero-order valence-corrected chi connectivity index (χ0v) is 13.5. The third-order valence-electron chi connectivity index (χ3n) is 4.45. The van der Waals surface area contributed by atoms with E-state index in [1.54, 1.807) is 0 Å². The van der Waals surface area contributed by atoms with Crippen LogP contribution in [0.15, 0.2) is 18.2 Å². The van der Waals surface area contributed by atoms with E-state index in [0.717, 1.165) is 24.4 Å². The quantitative estimate of drug-likeness (QED) is 0.843. The first-order chi connectivity index (χ1) is 9.65. The Morgan fingerprint density at radius 2 is 2.00 bits per heavy atom. The number of nitrogens with two attached hydrogens (primary N) is 1. The Kier molecular flexibility index (Phi) is 5.74. The van der Waals surface area contributed by atoms with Crippen LogP contribution >= 0.6 is 11.6 Å². The molecule has 20 heavy (non-hydrogen) atoms. The Balaban J connectivity index is 2.15. The number of nitrogens with zero attached hydrogens (tertiary/aromatic N) is 1. The van der Waals surface area contributed by atoms with Gasteiger partial charge in [0.05, 0.1) is 10.7 Å². The van der Waals surface area contributed by atoms with E-state index in [0.29, 0.717) is 6.04 Å². The Morgan fingerprint density at radius 3 is 2.55 bits per heavy atom. The standard InChI is InChI=1S/C17H27ClN2/c1-3-14(19)11-13-9-10-17(16(18)12-13)20(4-2)15-7-5-6-8-15/h9-10,12,14-15H,3-8,11,19H2,1-2H3. The fourth-order valence-electron chi connectivity index (χ4n) is 3.20. The average Bonchev–Trinajstić information content (AvgIpc) is 2.96. The Labute approximate surface area is 128 Å². The zero-order valence-electron chi connectivity index (χ0n) is 12.7. The average molecular weight is 295 g/mol. The highest BCUT2D eigenvalue weighted by Gasteiger charge is 2.23. The molecule has 0 spiro atoms. The molecule has 1 aliphatic rings. The lowest BCUT2D eigenvalue weighted by atomic mass is 10.0. The summed E-state index contributed by atoms with van der Waals surface area (Å²) in [6.45, 7) is 5.37. The van der Waals surface area contributed by atoms with Gasteiger partial charge in [-0.15, -0.1) is 0 Å². The van der Waals surface area contributed by atoms with Crippen LogP contribution in [0, 0.1) is 0 Å². The molecule has 0 heterocycles. The number of hydrogen-bond acceptors (Lipinski definition) is 2. The number of rotatable bonds is 6. The summed E-state index contributed by atoms with van der Waals surface area (Å²) in [4.78, 5) is 2.47. The normalized spacial score (nSPS) is 17.4. The third kappa shape index (κ3) is 3.67. The summed E-state index contributed by atoms with van der Waals surface area (Å²) >= 11 is 6.53. The maximum Gasteiger partial charge on any atom is 0.0642 e. The molecule has 0 radical (unpaired) electrons. The summed E-state index contributed by atoms with van der Waals surface area (Å²) in [7, 11) is 0. The smallest absolute Gasteiger partial charge is 0.0642 e. The van der Waals surface area contributed by atoms with Crippen LogP contribution in [-0.4, -0.2) is 18.6 Å². The second-order valence-electron chi connectivity index (χ2n) is 5.88. The molecular formula is C17H27ClN2. The molecule has 1 atom stereocenters. The number of halogens is 1. The predicted octanol–water partition coefficient (Wildman–Crippen LogP) is 4.39. The van der Waals surface area contributed by atoms with Gasteiger partial charge in [0.2, 0.25) is 0 Å². The van der Waals surface area contributed by atoms with Crippen LogP contribution in [0.25, 0.3) is 0 Å². The molecule has 0 aliphatic heterocycles. The van der Waals surface area contributed by atoms with Crippen molar-refractivity contribution in [1.82, 2.24) is 0 Å². The molecule has 1 saturated carbocycles. The Hall–Kier alpha value is -0.730. The van der Waals surface area contributed by atoms with E-state index in [9.17, 15) is 0 Å². The van der Waals surface area contributed by atoms with Gasteiger partial charge in [0.25, 0.3) is 0 Å². The molecule has 2 nitrogen and oxygen atoms in total. The number of hydrogen-bond donors (Lipinski definition) is 1. The van der Waals surface area contributed by atoms with Crippen LogP contribution in [0.4, 0.5) is 5.69 Å². The first-order valence-electron chi connectivity index (χ1n) is 7.96. The van der Waals surface area contributed by atoms with Crippen molar-refractivity contribution < 1.29 is 0 Å². The highest BCUT2D eigenvalue weighted by molar-refractivity contribution is 6.33. The topological polar surface area (TPSA) is 29.3 Å². The van der Waals surface area contributed by atoms with E-state index in [2.05, 4.69) is 36.9 Å². The van der Waals surface area contributed by atoms with Crippen LogP contribution in [-0.2, 0) is 6.42 Å². The minimum Gasteiger partial charge on any atom is -0.368 e. The highest BCUT2D eigenvalue weighted by Crippen LogP contribution is 2.33. The van der Waals surface area contributed by atoms with Crippen molar-refractivity contribution >= 4 is 17.3 Å². The van der Waals surface area contributed by atoms with E-state index in [1.807, 2.05) is 0 Å². The van der Waals surface area contributed by atoms with Gasteiger partial charge in [-0.1, -0.05) is 37.4 Å². The van der Waals surface area contributed by atoms with Gasteiger partial charge in [0.15, 0.2) is 0 Å². The molecule has 1 fully saturated rings. The van der Waals surface area contributed by atoms with Crippen molar-refractivity contribution in [2.75, 3.05) is 11.4 Å². The van der Waals surface area contributed by atoms with E-state index < -0.39 is 0 Å². The first-order valence-corrected chi connectivity index (χ1v) is 8.34. The van der Waals surface area contributed by atoms with Gasteiger partial charge in [-0.3, -0.25) is 0 Å².